The average molecular weight is 242 g/mol. The van der Waals surface area contributed by atoms with Crippen LogP contribution in [0.25, 0.3) is 0 Å². The van der Waals surface area contributed by atoms with Crippen LogP contribution in [0.4, 0.5) is 0 Å². The minimum absolute atomic E-state index is 0.00612. The molecule has 1 aromatic carbocycles. The van der Waals surface area contributed by atoms with E-state index in [1.807, 2.05) is 37.3 Å². The number of hydrogen-bond donors (Lipinski definition) is 2. The molecule has 0 aliphatic carbocycles. The first-order chi connectivity index (χ1) is 8.74. The molecule has 0 bridgehead atoms. The van der Waals surface area contributed by atoms with Crippen LogP contribution in [0, 0.1) is 6.92 Å². The predicted octanol–water partition coefficient (Wildman–Crippen LogP) is 2.73. The molecule has 1 aliphatic heterocycles. The van der Waals surface area contributed by atoms with Crippen molar-refractivity contribution < 1.29 is 9.52 Å². The molecule has 92 valence electrons. The van der Waals surface area contributed by atoms with E-state index in [1.54, 1.807) is 6.07 Å². The van der Waals surface area contributed by atoms with E-state index in [1.165, 1.54) is 0 Å². The third kappa shape index (κ3) is 1.86. The Kier molecular flexibility index (Phi) is 2.55. The number of benzene rings is 1. The summed E-state index contributed by atoms with van der Waals surface area (Å²) in [4.78, 5) is 0. The van der Waals surface area contributed by atoms with Crippen LogP contribution >= 0.6 is 0 Å². The number of hydrazone groups is 1. The lowest BCUT2D eigenvalue weighted by atomic mass is 10.0. The lowest BCUT2D eigenvalue weighted by Gasteiger charge is -2.11. The first-order valence-corrected chi connectivity index (χ1v) is 5.91. The molecule has 1 aromatic heterocycles. The SMILES string of the molecule is Cc1ccc(C2=NNC(c3ccccc3O)C2)o1. The smallest absolute Gasteiger partial charge is 0.150 e. The summed E-state index contributed by atoms with van der Waals surface area (Å²) in [5.41, 5.74) is 4.79. The third-order valence-corrected chi connectivity index (χ3v) is 3.09. The van der Waals surface area contributed by atoms with Gasteiger partial charge in [-0.25, -0.2) is 0 Å². The number of rotatable bonds is 2. The molecule has 0 radical (unpaired) electrons. The first-order valence-electron chi connectivity index (χ1n) is 5.91. The number of nitrogens with one attached hydrogen (secondary N) is 1. The van der Waals surface area contributed by atoms with E-state index in [9.17, 15) is 5.11 Å². The Balaban J connectivity index is 1.81. The van der Waals surface area contributed by atoms with Crippen molar-refractivity contribution in [1.29, 1.82) is 0 Å². The standard InChI is InChI=1S/C14H14N2O2/c1-9-6-7-14(18-9)12-8-11(15-16-12)10-4-2-3-5-13(10)17/h2-7,11,15,17H,8H2,1H3. The van der Waals surface area contributed by atoms with Crippen molar-refractivity contribution in [3.63, 3.8) is 0 Å². The highest BCUT2D eigenvalue weighted by molar-refractivity contribution is 5.99. The van der Waals surface area contributed by atoms with Crippen LogP contribution in [0.3, 0.4) is 0 Å². The van der Waals surface area contributed by atoms with Crippen LogP contribution < -0.4 is 5.43 Å². The molecule has 0 spiro atoms. The molecular weight excluding hydrogens is 228 g/mol. The quantitative estimate of drug-likeness (QED) is 0.851. The van der Waals surface area contributed by atoms with Crippen LogP contribution in [0.2, 0.25) is 0 Å². The predicted molar refractivity (Wildman–Crippen MR) is 68.6 cm³/mol. The van der Waals surface area contributed by atoms with Crippen molar-refractivity contribution >= 4 is 5.71 Å². The lowest BCUT2D eigenvalue weighted by molar-refractivity contribution is 0.455. The zero-order chi connectivity index (χ0) is 12.5. The van der Waals surface area contributed by atoms with Crippen molar-refractivity contribution in [2.45, 2.75) is 19.4 Å². The van der Waals surface area contributed by atoms with Gasteiger partial charge in [-0.1, -0.05) is 18.2 Å². The normalized spacial score (nSPS) is 18.5. The molecule has 0 amide bonds. The maximum Gasteiger partial charge on any atom is 0.150 e. The van der Waals surface area contributed by atoms with E-state index < -0.39 is 0 Å². The molecule has 0 saturated heterocycles. The summed E-state index contributed by atoms with van der Waals surface area (Å²) in [7, 11) is 0. The Bertz CT molecular complexity index is 601. The highest BCUT2D eigenvalue weighted by atomic mass is 16.3. The Morgan fingerprint density at radius 1 is 1.28 bits per heavy atom. The highest BCUT2D eigenvalue weighted by Gasteiger charge is 2.24. The molecule has 0 saturated carbocycles. The van der Waals surface area contributed by atoms with Crippen LogP contribution in [-0.2, 0) is 0 Å². The number of nitrogens with zero attached hydrogens (tertiary/aromatic N) is 1. The molecule has 0 fully saturated rings. The van der Waals surface area contributed by atoms with Crippen molar-refractivity contribution in [2.75, 3.05) is 0 Å². The van der Waals surface area contributed by atoms with Gasteiger partial charge in [-0.2, -0.15) is 5.10 Å². The van der Waals surface area contributed by atoms with Crippen LogP contribution in [0.1, 0.15) is 29.5 Å². The summed E-state index contributed by atoms with van der Waals surface area (Å²) in [6.45, 7) is 1.91. The Labute approximate surface area is 105 Å². The van der Waals surface area contributed by atoms with E-state index in [0.29, 0.717) is 12.2 Å². The number of aryl methyl sites for hydroxylation is 1. The Morgan fingerprint density at radius 3 is 2.83 bits per heavy atom. The fourth-order valence-electron chi connectivity index (χ4n) is 2.15. The van der Waals surface area contributed by atoms with E-state index in [2.05, 4.69) is 10.5 Å². The molecule has 2 heterocycles. The van der Waals surface area contributed by atoms with Crippen LogP contribution in [0.15, 0.2) is 45.9 Å². The largest absolute Gasteiger partial charge is 0.508 e. The van der Waals surface area contributed by atoms with Crippen molar-refractivity contribution in [3.8, 4) is 5.75 Å². The maximum absolute atomic E-state index is 9.82. The van der Waals surface area contributed by atoms with Crippen LogP contribution in [-0.4, -0.2) is 10.8 Å². The second kappa shape index (κ2) is 4.22. The molecule has 18 heavy (non-hydrogen) atoms. The van der Waals surface area contributed by atoms with Gasteiger partial charge < -0.3 is 14.9 Å². The van der Waals surface area contributed by atoms with Crippen molar-refractivity contribution in [1.82, 2.24) is 5.43 Å². The fraction of sp³-hybridized carbons (Fsp3) is 0.214. The lowest BCUT2D eigenvalue weighted by Crippen LogP contribution is -2.09. The van der Waals surface area contributed by atoms with Gasteiger partial charge in [0.2, 0.25) is 0 Å². The Hall–Kier alpha value is -2.23. The molecule has 2 N–H and O–H groups in total. The zero-order valence-electron chi connectivity index (χ0n) is 10.1. The molecule has 3 rings (SSSR count). The molecule has 4 heteroatoms. The van der Waals surface area contributed by atoms with Crippen LogP contribution in [0.5, 0.6) is 5.75 Å². The fourth-order valence-corrected chi connectivity index (χ4v) is 2.15. The highest BCUT2D eigenvalue weighted by Crippen LogP contribution is 2.30. The molecule has 1 unspecified atom stereocenters. The van der Waals surface area contributed by atoms with Gasteiger partial charge in [-0.15, -0.1) is 0 Å². The summed E-state index contributed by atoms with van der Waals surface area (Å²) >= 11 is 0. The topological polar surface area (TPSA) is 57.8 Å². The summed E-state index contributed by atoms with van der Waals surface area (Å²) in [5, 5.41) is 14.1. The zero-order valence-corrected chi connectivity index (χ0v) is 10.1. The molecular formula is C14H14N2O2. The van der Waals surface area contributed by atoms with Gasteiger partial charge in [-0.3, -0.25) is 0 Å². The number of phenolic OH excluding ortho intramolecular Hbond substituents is 1. The second-order valence-corrected chi connectivity index (χ2v) is 4.41. The second-order valence-electron chi connectivity index (χ2n) is 4.41. The molecule has 4 nitrogen and oxygen atoms in total. The van der Waals surface area contributed by atoms with E-state index in [-0.39, 0.29) is 6.04 Å². The molecule has 1 atom stereocenters. The first kappa shape index (κ1) is 10.9. The van der Waals surface area contributed by atoms with Gasteiger partial charge in [0.15, 0.2) is 0 Å². The van der Waals surface area contributed by atoms with E-state index in [0.717, 1.165) is 22.8 Å². The summed E-state index contributed by atoms with van der Waals surface area (Å²) in [6.07, 6.45) is 0.713. The number of furan rings is 1. The van der Waals surface area contributed by atoms with Gasteiger partial charge in [0.25, 0.3) is 0 Å². The summed E-state index contributed by atoms with van der Waals surface area (Å²) in [5.74, 6) is 1.96. The Morgan fingerprint density at radius 2 is 2.11 bits per heavy atom. The summed E-state index contributed by atoms with van der Waals surface area (Å²) < 4.78 is 5.55. The summed E-state index contributed by atoms with van der Waals surface area (Å²) in [6, 6.07) is 11.2. The minimum Gasteiger partial charge on any atom is -0.508 e. The number of aromatic hydroxyl groups is 1. The number of phenols is 1. The monoisotopic (exact) mass is 242 g/mol. The van der Waals surface area contributed by atoms with Crippen molar-refractivity contribution in [3.05, 3.63) is 53.5 Å². The number of hydrogen-bond acceptors (Lipinski definition) is 4. The number of para-hydroxylation sites is 1. The molecule has 2 aromatic rings. The average Bonchev–Trinajstić information content (AvgIpc) is 2.98. The van der Waals surface area contributed by atoms with Gasteiger partial charge in [0, 0.05) is 12.0 Å². The minimum atomic E-state index is 0.00612. The van der Waals surface area contributed by atoms with Gasteiger partial charge in [0.05, 0.1) is 6.04 Å². The third-order valence-electron chi connectivity index (χ3n) is 3.09. The van der Waals surface area contributed by atoms with Gasteiger partial charge in [0.1, 0.15) is 23.0 Å². The van der Waals surface area contributed by atoms with E-state index >= 15 is 0 Å². The van der Waals surface area contributed by atoms with E-state index in [4.69, 9.17) is 4.42 Å². The van der Waals surface area contributed by atoms with Crippen molar-refractivity contribution in [2.24, 2.45) is 5.10 Å². The van der Waals surface area contributed by atoms with Gasteiger partial charge in [-0.05, 0) is 25.1 Å². The molecule has 1 aliphatic rings. The van der Waals surface area contributed by atoms with Gasteiger partial charge >= 0.3 is 0 Å². The maximum atomic E-state index is 9.82.